The summed E-state index contributed by atoms with van der Waals surface area (Å²) < 4.78 is 12.1. The summed E-state index contributed by atoms with van der Waals surface area (Å²) in [6.45, 7) is 3.60. The number of hydrogen-bond donors (Lipinski definition) is 0. The predicted octanol–water partition coefficient (Wildman–Crippen LogP) is 7.15. The number of hydrogen-bond acceptors (Lipinski definition) is 4. The maximum absolute atomic E-state index is 13.5. The van der Waals surface area contributed by atoms with Gasteiger partial charge in [0, 0.05) is 16.1 Å². The number of carbonyl (C=O) groups is 1. The molecule has 0 saturated heterocycles. The van der Waals surface area contributed by atoms with Crippen molar-refractivity contribution in [3.63, 3.8) is 0 Å². The van der Waals surface area contributed by atoms with Gasteiger partial charge in [-0.2, -0.15) is 0 Å². The molecule has 5 aromatic rings. The van der Waals surface area contributed by atoms with Gasteiger partial charge in [0.15, 0.2) is 12.4 Å². The molecule has 5 heteroatoms. The third-order valence-corrected chi connectivity index (χ3v) is 6.26. The largest absolute Gasteiger partial charge is 0.478 e. The van der Waals surface area contributed by atoms with Gasteiger partial charge in [-0.15, -0.1) is 0 Å². The van der Waals surface area contributed by atoms with Crippen LogP contribution < -0.4 is 10.2 Å². The molecule has 0 radical (unpaired) electrons. The Morgan fingerprint density at radius 1 is 0.882 bits per heavy atom. The molecule has 0 aliphatic heterocycles. The van der Waals surface area contributed by atoms with E-state index in [1.54, 1.807) is 36.4 Å². The average Bonchev–Trinajstić information content (AvgIpc) is 2.84. The Morgan fingerprint density at radius 2 is 1.59 bits per heavy atom. The highest BCUT2D eigenvalue weighted by Crippen LogP contribution is 2.33. The number of fused-ring (bicyclic) bond motifs is 2. The zero-order valence-corrected chi connectivity index (χ0v) is 19.5. The van der Waals surface area contributed by atoms with E-state index in [0.717, 1.165) is 21.9 Å². The summed E-state index contributed by atoms with van der Waals surface area (Å²) in [6, 6.07) is 23.8. The first-order valence-corrected chi connectivity index (χ1v) is 11.3. The first-order chi connectivity index (χ1) is 16.4. The molecule has 34 heavy (non-hydrogen) atoms. The third-order valence-electron chi connectivity index (χ3n) is 6.01. The molecule has 0 N–H and O–H groups in total. The molecule has 5 rings (SSSR count). The van der Waals surface area contributed by atoms with Gasteiger partial charge in [-0.05, 0) is 72.1 Å². The quantitative estimate of drug-likeness (QED) is 0.257. The number of halogens is 1. The van der Waals surface area contributed by atoms with E-state index in [1.165, 1.54) is 0 Å². The van der Waals surface area contributed by atoms with Gasteiger partial charge < -0.3 is 9.15 Å². The highest BCUT2D eigenvalue weighted by Gasteiger charge is 2.20. The molecule has 4 aromatic carbocycles. The third kappa shape index (κ3) is 3.97. The minimum Gasteiger partial charge on any atom is -0.478 e. The molecule has 0 unspecified atom stereocenters. The lowest BCUT2D eigenvalue weighted by atomic mass is 10.0. The summed E-state index contributed by atoms with van der Waals surface area (Å²) in [5, 5.41) is 2.78. The van der Waals surface area contributed by atoms with Gasteiger partial charge in [-0.1, -0.05) is 54.1 Å². The number of ether oxygens (including phenoxy) is 1. The molecule has 1 aromatic heterocycles. The summed E-state index contributed by atoms with van der Waals surface area (Å²) in [7, 11) is 0. The second kappa shape index (κ2) is 8.81. The summed E-state index contributed by atoms with van der Waals surface area (Å²) in [6.07, 6.45) is 0. The van der Waals surface area contributed by atoms with Crippen LogP contribution in [-0.4, -0.2) is 12.4 Å². The Morgan fingerprint density at radius 3 is 2.38 bits per heavy atom. The number of ketones is 1. The first-order valence-electron chi connectivity index (χ1n) is 10.9. The summed E-state index contributed by atoms with van der Waals surface area (Å²) in [5.41, 5.74) is 3.30. The van der Waals surface area contributed by atoms with Crippen LogP contribution in [0, 0.1) is 13.8 Å². The van der Waals surface area contributed by atoms with Crippen molar-refractivity contribution in [2.45, 2.75) is 13.8 Å². The Labute approximate surface area is 201 Å². The van der Waals surface area contributed by atoms with Crippen LogP contribution in [0.1, 0.15) is 21.5 Å². The van der Waals surface area contributed by atoms with E-state index >= 15 is 0 Å². The fourth-order valence-corrected chi connectivity index (χ4v) is 4.17. The Kier molecular flexibility index (Phi) is 5.68. The molecular weight excluding hydrogens is 448 g/mol. The van der Waals surface area contributed by atoms with Crippen LogP contribution in [0.4, 0.5) is 0 Å². The van der Waals surface area contributed by atoms with Crippen LogP contribution in [0.25, 0.3) is 33.1 Å². The summed E-state index contributed by atoms with van der Waals surface area (Å²) in [4.78, 5) is 26.6. The van der Waals surface area contributed by atoms with Crippen molar-refractivity contribution in [2.24, 2.45) is 0 Å². The molecule has 0 saturated carbocycles. The van der Waals surface area contributed by atoms with Gasteiger partial charge in [0.05, 0.1) is 5.39 Å². The zero-order chi connectivity index (χ0) is 23.8. The fourth-order valence-electron chi connectivity index (χ4n) is 4.04. The standard InChI is InChI=1S/C29H21ClO4/c1-17-14-24-26(15-18(17)2)34-28(20-10-12-21(30)13-11-20)29(27(24)32)33-16-25(31)23-9-5-7-19-6-3-4-8-22(19)23/h3-15H,16H2,1-2H3. The van der Waals surface area contributed by atoms with Crippen molar-refractivity contribution in [3.8, 4) is 17.1 Å². The van der Waals surface area contributed by atoms with Crippen molar-refractivity contribution in [2.75, 3.05) is 6.61 Å². The number of aryl methyl sites for hydroxylation is 2. The molecule has 0 amide bonds. The van der Waals surface area contributed by atoms with Crippen LogP contribution in [0.5, 0.6) is 5.75 Å². The molecule has 0 bridgehead atoms. The Balaban J connectivity index is 1.60. The zero-order valence-electron chi connectivity index (χ0n) is 18.7. The molecule has 168 valence electrons. The van der Waals surface area contributed by atoms with E-state index in [-0.39, 0.29) is 29.3 Å². The van der Waals surface area contributed by atoms with Gasteiger partial charge in [0.2, 0.25) is 17.0 Å². The second-order valence-corrected chi connectivity index (χ2v) is 8.70. The van der Waals surface area contributed by atoms with Gasteiger partial charge in [-0.25, -0.2) is 0 Å². The van der Waals surface area contributed by atoms with Crippen molar-refractivity contribution in [1.29, 1.82) is 0 Å². The normalized spacial score (nSPS) is 11.1. The minimum atomic E-state index is -0.319. The molecule has 0 spiro atoms. The lowest BCUT2D eigenvalue weighted by Gasteiger charge is -2.13. The van der Waals surface area contributed by atoms with E-state index in [9.17, 15) is 9.59 Å². The van der Waals surface area contributed by atoms with Gasteiger partial charge >= 0.3 is 0 Å². The van der Waals surface area contributed by atoms with Gasteiger partial charge in [-0.3, -0.25) is 9.59 Å². The second-order valence-electron chi connectivity index (χ2n) is 8.27. The lowest BCUT2D eigenvalue weighted by Crippen LogP contribution is -2.17. The maximum Gasteiger partial charge on any atom is 0.235 e. The molecule has 0 aliphatic carbocycles. The van der Waals surface area contributed by atoms with Crippen LogP contribution in [-0.2, 0) is 0 Å². The van der Waals surface area contributed by atoms with Crippen molar-refractivity contribution >= 4 is 39.1 Å². The smallest absolute Gasteiger partial charge is 0.235 e. The first kappa shape index (κ1) is 21.9. The molecule has 0 fully saturated rings. The van der Waals surface area contributed by atoms with E-state index < -0.39 is 0 Å². The molecule has 0 atom stereocenters. The highest BCUT2D eigenvalue weighted by molar-refractivity contribution is 6.30. The Bertz CT molecular complexity index is 1610. The molecule has 1 heterocycles. The van der Waals surface area contributed by atoms with Crippen LogP contribution >= 0.6 is 11.6 Å². The van der Waals surface area contributed by atoms with E-state index in [2.05, 4.69) is 0 Å². The van der Waals surface area contributed by atoms with Crippen molar-refractivity contribution in [1.82, 2.24) is 0 Å². The molecule has 4 nitrogen and oxygen atoms in total. The van der Waals surface area contributed by atoms with Crippen LogP contribution in [0.3, 0.4) is 0 Å². The average molecular weight is 469 g/mol. The van der Waals surface area contributed by atoms with E-state index in [4.69, 9.17) is 20.8 Å². The van der Waals surface area contributed by atoms with Gasteiger partial charge in [0.1, 0.15) is 5.58 Å². The predicted molar refractivity (Wildman–Crippen MR) is 136 cm³/mol. The summed E-state index contributed by atoms with van der Waals surface area (Å²) in [5.74, 6) is 0.0493. The topological polar surface area (TPSA) is 56.5 Å². The van der Waals surface area contributed by atoms with Crippen LogP contribution in [0.2, 0.25) is 5.02 Å². The van der Waals surface area contributed by atoms with E-state index in [1.807, 2.05) is 56.3 Å². The highest BCUT2D eigenvalue weighted by atomic mass is 35.5. The maximum atomic E-state index is 13.5. The number of carbonyl (C=O) groups excluding carboxylic acids is 1. The summed E-state index contributed by atoms with van der Waals surface area (Å²) >= 11 is 6.05. The molecule has 0 aliphatic rings. The van der Waals surface area contributed by atoms with E-state index in [0.29, 0.717) is 27.1 Å². The SMILES string of the molecule is Cc1cc2oc(-c3ccc(Cl)cc3)c(OCC(=O)c3cccc4ccccc34)c(=O)c2cc1C. The molecular formula is C29H21ClO4. The minimum absolute atomic E-state index is 0.00617. The van der Waals surface area contributed by atoms with Gasteiger partial charge in [0.25, 0.3) is 0 Å². The number of rotatable bonds is 5. The van der Waals surface area contributed by atoms with Crippen molar-refractivity contribution in [3.05, 3.63) is 111 Å². The Hall–Kier alpha value is -3.89. The lowest BCUT2D eigenvalue weighted by molar-refractivity contribution is 0.0922. The number of benzene rings is 4. The fraction of sp³-hybridized carbons (Fsp3) is 0.103. The number of Topliss-reactive ketones (excluding diaryl/α,β-unsaturated/α-hetero) is 1. The van der Waals surface area contributed by atoms with Crippen molar-refractivity contribution < 1.29 is 13.9 Å². The monoisotopic (exact) mass is 468 g/mol. The van der Waals surface area contributed by atoms with Crippen LogP contribution in [0.15, 0.2) is 88.1 Å².